The predicted octanol–water partition coefficient (Wildman–Crippen LogP) is 3.93. The van der Waals surface area contributed by atoms with Gasteiger partial charge in [-0.15, -0.1) is 0 Å². The number of carbonyl (C=O) groups is 1. The van der Waals surface area contributed by atoms with Crippen molar-refractivity contribution in [2.24, 2.45) is 0 Å². The summed E-state index contributed by atoms with van der Waals surface area (Å²) in [5.74, 6) is -0.968. The number of rotatable bonds is 13. The van der Waals surface area contributed by atoms with Crippen molar-refractivity contribution in [1.82, 2.24) is 19.5 Å². The zero-order valence-electron chi connectivity index (χ0n) is 20.0. The van der Waals surface area contributed by atoms with Crippen LogP contribution in [0.3, 0.4) is 0 Å². The van der Waals surface area contributed by atoms with Crippen molar-refractivity contribution < 1.29 is 27.5 Å². The van der Waals surface area contributed by atoms with Gasteiger partial charge in [0.2, 0.25) is 5.95 Å². The molecule has 0 aliphatic carbocycles. The Labute approximate surface area is 224 Å². The zero-order chi connectivity index (χ0) is 27.1. The van der Waals surface area contributed by atoms with Gasteiger partial charge in [0.15, 0.2) is 16.9 Å². The van der Waals surface area contributed by atoms with E-state index in [9.17, 15) is 18.5 Å². The molecule has 0 radical (unpaired) electrons. The molecule has 2 aromatic carbocycles. The second-order valence-corrected chi connectivity index (χ2v) is 11.2. The number of halogens is 2. The Hall–Kier alpha value is -3.22. The van der Waals surface area contributed by atoms with E-state index in [4.69, 9.17) is 19.5 Å². The molecule has 1 atom stereocenters. The van der Waals surface area contributed by atoms with Gasteiger partial charge in [-0.2, -0.15) is 4.98 Å². The van der Waals surface area contributed by atoms with Gasteiger partial charge in [0.05, 0.1) is 32.3 Å². The predicted molar refractivity (Wildman–Crippen MR) is 141 cm³/mol. The minimum Gasteiger partial charge on any atom is -0.379 e. The van der Waals surface area contributed by atoms with E-state index in [1.54, 1.807) is 10.6 Å². The summed E-state index contributed by atoms with van der Waals surface area (Å²) in [6.45, 7) is -0.0308. The number of anilines is 1. The summed E-state index contributed by atoms with van der Waals surface area (Å²) in [6, 6.07) is 12.2. The Morgan fingerprint density at radius 3 is 2.71 bits per heavy atom. The summed E-state index contributed by atoms with van der Waals surface area (Å²) in [4.78, 5) is 34.9. The Bertz CT molecular complexity index is 1530. The Balaban J connectivity index is 1.35. The molecular weight excluding hydrogens is 584 g/mol. The van der Waals surface area contributed by atoms with Gasteiger partial charge in [-0.1, -0.05) is 28.1 Å². The lowest BCUT2D eigenvalue weighted by Gasteiger charge is -2.19. The molecule has 2 heterocycles. The highest BCUT2D eigenvalue weighted by Crippen LogP contribution is 2.48. The van der Waals surface area contributed by atoms with E-state index in [1.807, 2.05) is 18.2 Å². The third-order valence-electron chi connectivity index (χ3n) is 5.35. The number of ether oxygens (including phenoxy) is 1. The first kappa shape index (κ1) is 27.8. The summed E-state index contributed by atoms with van der Waals surface area (Å²) in [7, 11) is -3.76. The van der Waals surface area contributed by atoms with E-state index in [1.165, 1.54) is 18.5 Å². The molecule has 0 fully saturated rings. The third-order valence-corrected chi connectivity index (χ3v) is 7.62. The van der Waals surface area contributed by atoms with Crippen molar-refractivity contribution in [3.63, 3.8) is 0 Å². The number of hydrogen-bond acceptors (Lipinski definition) is 9. The van der Waals surface area contributed by atoms with Crippen LogP contribution >= 0.6 is 23.5 Å². The first-order valence-electron chi connectivity index (χ1n) is 11.4. The van der Waals surface area contributed by atoms with Crippen LogP contribution in [0, 0.1) is 5.82 Å². The van der Waals surface area contributed by atoms with Gasteiger partial charge in [0, 0.05) is 16.6 Å². The van der Waals surface area contributed by atoms with Gasteiger partial charge in [-0.3, -0.25) is 19.1 Å². The fraction of sp³-hybridized carbons (Fsp3) is 0.250. The fourth-order valence-electron chi connectivity index (χ4n) is 3.42. The quantitative estimate of drug-likeness (QED) is 0.131. The summed E-state index contributed by atoms with van der Waals surface area (Å²) in [5, 5.41) is 0. The van der Waals surface area contributed by atoms with Gasteiger partial charge >= 0.3 is 7.60 Å². The van der Waals surface area contributed by atoms with Crippen LogP contribution in [0.1, 0.15) is 15.9 Å². The van der Waals surface area contributed by atoms with Crippen LogP contribution < -0.4 is 11.3 Å². The van der Waals surface area contributed by atoms with Crippen molar-refractivity contribution in [2.75, 3.05) is 31.7 Å². The number of nitrogens with two attached hydrogens (primary N) is 1. The largest absolute Gasteiger partial charge is 0.379 e. The maximum absolute atomic E-state index is 13.5. The average molecular weight is 608 g/mol. The smallest absolute Gasteiger partial charge is 0.333 e. The number of fused-ring (bicyclic) bond motifs is 1. The number of imidazole rings is 1. The van der Waals surface area contributed by atoms with Crippen LogP contribution in [0.15, 0.2) is 64.1 Å². The molecule has 0 saturated heterocycles. The lowest BCUT2D eigenvalue weighted by Crippen LogP contribution is -2.15. The molecular formula is C24H24BrFN5O6P. The van der Waals surface area contributed by atoms with Gasteiger partial charge in [0.1, 0.15) is 12.4 Å². The molecule has 0 bridgehead atoms. The SMILES string of the molecule is Nc1nc2c(ncn2CCOCCP(=O)(OCC(=O)c2ccc(F)cc2)OCc2cccc(Br)c2)c(=O)[nH]1. The molecule has 0 aliphatic heterocycles. The highest BCUT2D eigenvalue weighted by atomic mass is 79.9. The molecule has 1 unspecified atom stereocenters. The lowest BCUT2D eigenvalue weighted by atomic mass is 10.1. The van der Waals surface area contributed by atoms with E-state index in [0.29, 0.717) is 12.2 Å². The summed E-state index contributed by atoms with van der Waals surface area (Å²) >= 11 is 3.38. The molecule has 0 amide bonds. The molecule has 0 saturated carbocycles. The van der Waals surface area contributed by atoms with Crippen molar-refractivity contribution in [3.8, 4) is 0 Å². The van der Waals surface area contributed by atoms with Crippen molar-refractivity contribution >= 4 is 46.4 Å². The maximum atomic E-state index is 13.5. The molecule has 2 aromatic heterocycles. The highest BCUT2D eigenvalue weighted by molar-refractivity contribution is 9.10. The number of nitrogens with zero attached hydrogens (tertiary/aromatic N) is 3. The number of Topliss-reactive ketones (excluding diaryl/α,β-unsaturated/α-hetero) is 1. The van der Waals surface area contributed by atoms with Crippen LogP contribution in [0.2, 0.25) is 0 Å². The minimum absolute atomic E-state index is 0.00326. The van der Waals surface area contributed by atoms with Crippen molar-refractivity contribution in [3.05, 3.63) is 86.6 Å². The van der Waals surface area contributed by atoms with Crippen LogP contribution in [0.5, 0.6) is 0 Å². The molecule has 0 spiro atoms. The van der Waals surface area contributed by atoms with Crippen LogP contribution in [-0.4, -0.2) is 51.3 Å². The molecule has 4 aromatic rings. The van der Waals surface area contributed by atoms with E-state index in [-0.39, 0.29) is 43.0 Å². The van der Waals surface area contributed by atoms with Crippen LogP contribution in [0.4, 0.5) is 10.3 Å². The number of aromatic nitrogens is 4. The van der Waals surface area contributed by atoms with Gasteiger partial charge in [-0.25, -0.2) is 9.37 Å². The normalized spacial score (nSPS) is 13.0. The van der Waals surface area contributed by atoms with Gasteiger partial charge < -0.3 is 24.1 Å². The summed E-state index contributed by atoms with van der Waals surface area (Å²) < 4.78 is 45.9. The molecule has 11 nitrogen and oxygen atoms in total. The number of nitrogens with one attached hydrogen (secondary N) is 1. The summed E-state index contributed by atoms with van der Waals surface area (Å²) in [6.07, 6.45) is 1.33. The number of H-pyrrole nitrogens is 1. The monoisotopic (exact) mass is 607 g/mol. The molecule has 0 aliphatic rings. The Kier molecular flexibility index (Phi) is 9.18. The number of ketones is 1. The molecule has 14 heteroatoms. The highest BCUT2D eigenvalue weighted by Gasteiger charge is 2.26. The fourth-order valence-corrected chi connectivity index (χ4v) is 5.21. The second kappa shape index (κ2) is 12.5. The second-order valence-electron chi connectivity index (χ2n) is 8.12. The minimum atomic E-state index is -3.76. The van der Waals surface area contributed by atoms with Crippen molar-refractivity contribution in [2.45, 2.75) is 13.2 Å². The lowest BCUT2D eigenvalue weighted by molar-refractivity contribution is 0.0885. The topological polar surface area (TPSA) is 151 Å². The number of benzene rings is 2. The molecule has 38 heavy (non-hydrogen) atoms. The standard InChI is InChI=1S/C24H24BrFN5O6P/c25-18-3-1-2-16(12-18)13-36-38(34,37-14-20(32)17-4-6-19(26)7-5-17)11-10-35-9-8-31-15-28-21-22(31)29-24(27)30-23(21)33/h1-7,12,15H,8-11,13-14H2,(H3,27,29,30,33). The number of nitrogen functional groups attached to an aromatic ring is 1. The van der Waals surface area contributed by atoms with Crippen LogP contribution in [-0.2, 0) is 31.5 Å². The number of carbonyl (C=O) groups excluding carboxylic acids is 1. The first-order valence-corrected chi connectivity index (χ1v) is 13.9. The van der Waals surface area contributed by atoms with Gasteiger partial charge in [-0.05, 0) is 42.0 Å². The number of aromatic amines is 1. The van der Waals surface area contributed by atoms with Crippen molar-refractivity contribution in [1.29, 1.82) is 0 Å². The van der Waals surface area contributed by atoms with E-state index in [0.717, 1.165) is 22.2 Å². The molecule has 200 valence electrons. The summed E-state index contributed by atoms with van der Waals surface area (Å²) in [5.41, 5.74) is 6.62. The number of hydrogen-bond donors (Lipinski definition) is 2. The Morgan fingerprint density at radius 1 is 1.16 bits per heavy atom. The maximum Gasteiger partial charge on any atom is 0.333 e. The average Bonchev–Trinajstić information content (AvgIpc) is 3.29. The van der Waals surface area contributed by atoms with E-state index >= 15 is 0 Å². The zero-order valence-corrected chi connectivity index (χ0v) is 22.5. The third kappa shape index (κ3) is 7.42. The van der Waals surface area contributed by atoms with E-state index < -0.39 is 31.4 Å². The molecule has 3 N–H and O–H groups in total. The van der Waals surface area contributed by atoms with Gasteiger partial charge in [0.25, 0.3) is 5.56 Å². The Morgan fingerprint density at radius 2 is 1.95 bits per heavy atom. The molecule has 4 rings (SSSR count). The van der Waals surface area contributed by atoms with E-state index in [2.05, 4.69) is 30.9 Å². The van der Waals surface area contributed by atoms with Crippen LogP contribution in [0.25, 0.3) is 11.2 Å². The first-order chi connectivity index (χ1) is 18.2.